The smallest absolute Gasteiger partial charge is 0.335 e. The normalized spacial score (nSPS) is 25.9. The molecule has 5 atom stereocenters. The summed E-state index contributed by atoms with van der Waals surface area (Å²) in [4.78, 5) is 11.4. The first kappa shape index (κ1) is 25.7. The standard InChI is InChI=1S/C29H42O4/c1-4-5-16-29(2,3)27(31)15-14-24-25-18-20(17-22(25)19-26(24)30)10-6-7-11-21-12-8-9-13-23(21)28(32)33/h8-9,12-15,17,22,24-27,30-31H,4-7,10-11,16,18-19H2,1-3H3,(H,32,33)/b15-14+/t22-,24-,25-,26+,27-/m0/s1. The van der Waals surface area contributed by atoms with Crippen LogP contribution in [0.4, 0.5) is 0 Å². The lowest BCUT2D eigenvalue weighted by Gasteiger charge is -2.29. The highest BCUT2D eigenvalue weighted by Crippen LogP contribution is 2.48. The minimum absolute atomic E-state index is 0.114. The van der Waals surface area contributed by atoms with Crippen LogP contribution >= 0.6 is 0 Å². The third kappa shape index (κ3) is 6.58. The number of hydrogen-bond donors (Lipinski definition) is 3. The summed E-state index contributed by atoms with van der Waals surface area (Å²) in [5.74, 6) is 0.129. The maximum Gasteiger partial charge on any atom is 0.335 e. The number of hydrogen-bond acceptors (Lipinski definition) is 3. The van der Waals surface area contributed by atoms with Crippen molar-refractivity contribution in [3.63, 3.8) is 0 Å². The molecule has 1 fully saturated rings. The third-order valence-electron chi connectivity index (χ3n) is 7.88. The van der Waals surface area contributed by atoms with Crippen LogP contribution in [-0.2, 0) is 6.42 Å². The first-order chi connectivity index (χ1) is 15.7. The fraction of sp³-hybridized carbons (Fsp3) is 0.621. The minimum atomic E-state index is -0.853. The van der Waals surface area contributed by atoms with Crippen LogP contribution in [-0.4, -0.2) is 33.5 Å². The quantitative estimate of drug-likeness (QED) is 0.260. The Bertz CT molecular complexity index is 853. The zero-order chi connectivity index (χ0) is 24.0. The molecule has 2 aliphatic carbocycles. The Kier molecular flexibility index (Phi) is 8.95. The maximum absolute atomic E-state index is 11.4. The zero-order valence-electron chi connectivity index (χ0n) is 20.5. The molecule has 1 aromatic carbocycles. The largest absolute Gasteiger partial charge is 0.478 e. The second-order valence-corrected chi connectivity index (χ2v) is 10.8. The van der Waals surface area contributed by atoms with E-state index in [2.05, 4.69) is 32.9 Å². The van der Waals surface area contributed by atoms with E-state index in [4.69, 9.17) is 0 Å². The number of aromatic carboxylic acids is 1. The summed E-state index contributed by atoms with van der Waals surface area (Å²) >= 11 is 0. The lowest BCUT2D eigenvalue weighted by Crippen LogP contribution is -2.28. The molecule has 0 amide bonds. The summed E-state index contributed by atoms with van der Waals surface area (Å²) in [5.41, 5.74) is 2.66. The van der Waals surface area contributed by atoms with Gasteiger partial charge in [-0.2, -0.15) is 0 Å². The molecule has 0 aliphatic heterocycles. The average molecular weight is 455 g/mol. The van der Waals surface area contributed by atoms with E-state index in [1.165, 1.54) is 5.57 Å². The van der Waals surface area contributed by atoms with Gasteiger partial charge in [0.1, 0.15) is 0 Å². The van der Waals surface area contributed by atoms with Crippen LogP contribution in [0.2, 0.25) is 0 Å². The highest BCUT2D eigenvalue weighted by molar-refractivity contribution is 5.89. The van der Waals surface area contributed by atoms with Crippen molar-refractivity contribution in [1.82, 2.24) is 0 Å². The van der Waals surface area contributed by atoms with Crippen LogP contribution < -0.4 is 0 Å². The molecule has 0 saturated heterocycles. The van der Waals surface area contributed by atoms with E-state index in [0.717, 1.165) is 63.4 Å². The molecule has 4 nitrogen and oxygen atoms in total. The Labute approximate surface area is 199 Å². The van der Waals surface area contributed by atoms with E-state index in [9.17, 15) is 20.1 Å². The lowest BCUT2D eigenvalue weighted by molar-refractivity contribution is 0.0695. The Morgan fingerprint density at radius 2 is 1.91 bits per heavy atom. The lowest BCUT2D eigenvalue weighted by atomic mass is 9.80. The number of aryl methyl sites for hydroxylation is 1. The molecule has 0 aromatic heterocycles. The molecule has 0 heterocycles. The molecule has 33 heavy (non-hydrogen) atoms. The summed E-state index contributed by atoms with van der Waals surface area (Å²) in [6, 6.07) is 7.28. The van der Waals surface area contributed by atoms with E-state index >= 15 is 0 Å². The number of aliphatic hydroxyl groups is 2. The van der Waals surface area contributed by atoms with Crippen molar-refractivity contribution in [1.29, 1.82) is 0 Å². The minimum Gasteiger partial charge on any atom is -0.478 e. The van der Waals surface area contributed by atoms with Gasteiger partial charge >= 0.3 is 5.97 Å². The Balaban J connectivity index is 1.49. The predicted molar refractivity (Wildman–Crippen MR) is 133 cm³/mol. The van der Waals surface area contributed by atoms with Crippen molar-refractivity contribution in [3.8, 4) is 0 Å². The zero-order valence-corrected chi connectivity index (χ0v) is 20.5. The highest BCUT2D eigenvalue weighted by Gasteiger charge is 2.43. The molecular weight excluding hydrogens is 412 g/mol. The molecule has 0 bridgehead atoms. The van der Waals surface area contributed by atoms with Gasteiger partial charge in [-0.3, -0.25) is 0 Å². The molecule has 3 N–H and O–H groups in total. The molecule has 2 aliphatic rings. The summed E-state index contributed by atoms with van der Waals surface area (Å²) < 4.78 is 0. The molecule has 3 rings (SSSR count). The van der Waals surface area contributed by atoms with Gasteiger partial charge in [0, 0.05) is 5.92 Å². The molecule has 0 radical (unpaired) electrons. The summed E-state index contributed by atoms with van der Waals surface area (Å²) in [6.45, 7) is 6.41. The van der Waals surface area contributed by atoms with Gasteiger partial charge in [-0.25, -0.2) is 4.79 Å². The highest BCUT2D eigenvalue weighted by atomic mass is 16.4. The van der Waals surface area contributed by atoms with E-state index in [0.29, 0.717) is 17.4 Å². The van der Waals surface area contributed by atoms with Crippen LogP contribution in [0.25, 0.3) is 0 Å². The Hall–Kier alpha value is -1.91. The first-order valence-electron chi connectivity index (χ1n) is 12.8. The van der Waals surface area contributed by atoms with Crippen LogP contribution in [0.15, 0.2) is 48.1 Å². The molecule has 0 unspecified atom stereocenters. The van der Waals surface area contributed by atoms with Crippen molar-refractivity contribution in [3.05, 3.63) is 59.2 Å². The van der Waals surface area contributed by atoms with E-state index in [-0.39, 0.29) is 17.4 Å². The van der Waals surface area contributed by atoms with Crippen LogP contribution in [0.1, 0.15) is 88.1 Å². The monoisotopic (exact) mass is 454 g/mol. The van der Waals surface area contributed by atoms with Gasteiger partial charge in [0.25, 0.3) is 0 Å². The van der Waals surface area contributed by atoms with Crippen LogP contribution in [0.3, 0.4) is 0 Å². The predicted octanol–water partition coefficient (Wildman–Crippen LogP) is 6.17. The average Bonchev–Trinajstić information content (AvgIpc) is 3.30. The Morgan fingerprint density at radius 3 is 2.64 bits per heavy atom. The second kappa shape index (κ2) is 11.5. The van der Waals surface area contributed by atoms with Gasteiger partial charge in [0.15, 0.2) is 0 Å². The van der Waals surface area contributed by atoms with Crippen molar-refractivity contribution in [2.45, 2.75) is 90.8 Å². The number of carboxylic acid groups (broad SMARTS) is 1. The number of fused-ring (bicyclic) bond motifs is 1. The van der Waals surface area contributed by atoms with Crippen molar-refractivity contribution in [2.24, 2.45) is 23.2 Å². The van der Waals surface area contributed by atoms with Crippen molar-refractivity contribution in [2.75, 3.05) is 0 Å². The van der Waals surface area contributed by atoms with Gasteiger partial charge in [-0.15, -0.1) is 0 Å². The molecule has 182 valence electrons. The van der Waals surface area contributed by atoms with Gasteiger partial charge in [-0.05, 0) is 73.8 Å². The molecule has 0 spiro atoms. The summed E-state index contributed by atoms with van der Waals surface area (Å²) in [7, 11) is 0. The first-order valence-corrected chi connectivity index (χ1v) is 12.8. The van der Waals surface area contributed by atoms with Gasteiger partial charge < -0.3 is 15.3 Å². The van der Waals surface area contributed by atoms with Crippen molar-refractivity contribution < 1.29 is 20.1 Å². The molecule has 1 saturated carbocycles. The Morgan fingerprint density at radius 1 is 1.18 bits per heavy atom. The number of carboxylic acids is 1. The van der Waals surface area contributed by atoms with Crippen LogP contribution in [0, 0.1) is 23.2 Å². The molecular formula is C29H42O4. The number of carbonyl (C=O) groups is 1. The summed E-state index contributed by atoms with van der Waals surface area (Å²) in [5, 5.41) is 30.7. The topological polar surface area (TPSA) is 77.8 Å². The number of benzene rings is 1. The molecule has 1 aromatic rings. The van der Waals surface area contributed by atoms with E-state index in [1.54, 1.807) is 12.1 Å². The second-order valence-electron chi connectivity index (χ2n) is 10.8. The maximum atomic E-state index is 11.4. The number of unbranched alkanes of at least 4 members (excludes halogenated alkanes) is 2. The summed E-state index contributed by atoms with van der Waals surface area (Å²) in [6.07, 6.45) is 14.5. The molecule has 4 heteroatoms. The third-order valence-corrected chi connectivity index (χ3v) is 7.88. The van der Waals surface area contributed by atoms with E-state index in [1.807, 2.05) is 18.2 Å². The van der Waals surface area contributed by atoms with E-state index < -0.39 is 12.1 Å². The van der Waals surface area contributed by atoms with Gasteiger partial charge in [0.05, 0.1) is 17.8 Å². The fourth-order valence-corrected chi connectivity index (χ4v) is 5.68. The van der Waals surface area contributed by atoms with Gasteiger partial charge in [-0.1, -0.05) is 75.6 Å². The fourth-order valence-electron chi connectivity index (χ4n) is 5.68. The van der Waals surface area contributed by atoms with Crippen LogP contribution in [0.5, 0.6) is 0 Å². The SMILES string of the molecule is CCCCC(C)(C)[C@@H](O)/C=C/[C@H]1[C@H]2CC(CCCCc3ccccc3C(=O)O)=C[C@H]2C[C@H]1O. The number of aliphatic hydroxyl groups excluding tert-OH is 2. The van der Waals surface area contributed by atoms with Crippen molar-refractivity contribution >= 4 is 5.97 Å². The number of rotatable bonds is 12. The van der Waals surface area contributed by atoms with Gasteiger partial charge in [0.2, 0.25) is 0 Å². The number of allylic oxidation sites excluding steroid dienone is 2.